The monoisotopic (exact) mass is 455 g/mol. The van der Waals surface area contributed by atoms with Gasteiger partial charge in [-0.1, -0.05) is 82.1 Å². The van der Waals surface area contributed by atoms with Crippen molar-refractivity contribution in [3.63, 3.8) is 0 Å². The van der Waals surface area contributed by atoms with E-state index >= 15 is 0 Å². The van der Waals surface area contributed by atoms with Crippen LogP contribution in [0.25, 0.3) is 5.57 Å². The molecule has 0 aliphatic carbocycles. The SMILES string of the molecule is CCCC(CC)(CCC)COc1ccc(OC)cc1C(=C=Nc1ccccc1)c1ccccc1. The average Bonchev–Trinajstić information content (AvgIpc) is 2.89. The van der Waals surface area contributed by atoms with Crippen molar-refractivity contribution >= 4 is 17.1 Å². The third-order valence-corrected chi connectivity index (χ3v) is 6.42. The topological polar surface area (TPSA) is 30.8 Å². The van der Waals surface area contributed by atoms with Gasteiger partial charge in [-0.15, -0.1) is 0 Å². The molecule has 34 heavy (non-hydrogen) atoms. The lowest BCUT2D eigenvalue weighted by Crippen LogP contribution is -2.28. The van der Waals surface area contributed by atoms with Crippen LogP contribution in [0.2, 0.25) is 0 Å². The Morgan fingerprint density at radius 2 is 1.50 bits per heavy atom. The van der Waals surface area contributed by atoms with E-state index < -0.39 is 0 Å². The summed E-state index contributed by atoms with van der Waals surface area (Å²) in [5, 5.41) is 0. The maximum Gasteiger partial charge on any atom is 0.128 e. The van der Waals surface area contributed by atoms with E-state index in [1.165, 1.54) is 12.8 Å². The second-order valence-corrected chi connectivity index (χ2v) is 8.80. The minimum absolute atomic E-state index is 0.190. The van der Waals surface area contributed by atoms with Gasteiger partial charge in [-0.2, -0.15) is 0 Å². The van der Waals surface area contributed by atoms with Gasteiger partial charge in [0.25, 0.3) is 0 Å². The molecule has 0 saturated heterocycles. The fourth-order valence-electron chi connectivity index (χ4n) is 4.48. The lowest BCUT2D eigenvalue weighted by atomic mass is 9.78. The van der Waals surface area contributed by atoms with Gasteiger partial charge in [-0.3, -0.25) is 0 Å². The third-order valence-electron chi connectivity index (χ3n) is 6.42. The molecule has 0 aromatic heterocycles. The van der Waals surface area contributed by atoms with Gasteiger partial charge in [-0.05, 0) is 61.0 Å². The number of hydrogen-bond donors (Lipinski definition) is 0. The van der Waals surface area contributed by atoms with Gasteiger partial charge >= 0.3 is 0 Å². The highest BCUT2D eigenvalue weighted by Gasteiger charge is 2.28. The molecular weight excluding hydrogens is 418 g/mol. The van der Waals surface area contributed by atoms with Crippen molar-refractivity contribution in [3.8, 4) is 11.5 Å². The molecule has 0 aliphatic rings. The van der Waals surface area contributed by atoms with Crippen LogP contribution in [0.1, 0.15) is 64.0 Å². The molecule has 0 N–H and O–H groups in total. The number of methoxy groups -OCH3 is 1. The van der Waals surface area contributed by atoms with Crippen LogP contribution in [0.4, 0.5) is 5.69 Å². The summed E-state index contributed by atoms with van der Waals surface area (Å²) in [7, 11) is 1.69. The minimum Gasteiger partial charge on any atom is -0.497 e. The zero-order valence-electron chi connectivity index (χ0n) is 21.0. The highest BCUT2D eigenvalue weighted by Crippen LogP contribution is 2.37. The second-order valence-electron chi connectivity index (χ2n) is 8.80. The van der Waals surface area contributed by atoms with Crippen LogP contribution in [-0.2, 0) is 0 Å². The summed E-state index contributed by atoms with van der Waals surface area (Å²) in [5.41, 5.74) is 3.89. The van der Waals surface area contributed by atoms with Crippen LogP contribution < -0.4 is 9.47 Å². The fraction of sp³-hybridized carbons (Fsp3) is 0.355. The van der Waals surface area contributed by atoms with E-state index in [0.717, 1.165) is 53.1 Å². The van der Waals surface area contributed by atoms with Crippen LogP contribution in [0.3, 0.4) is 0 Å². The first kappa shape index (κ1) is 25.3. The maximum absolute atomic E-state index is 6.59. The summed E-state index contributed by atoms with van der Waals surface area (Å²) in [6.45, 7) is 7.50. The van der Waals surface area contributed by atoms with Crippen molar-refractivity contribution < 1.29 is 9.47 Å². The number of nitrogens with zero attached hydrogens (tertiary/aromatic N) is 1. The molecule has 0 spiro atoms. The zero-order valence-corrected chi connectivity index (χ0v) is 21.0. The normalized spacial score (nSPS) is 10.9. The minimum atomic E-state index is 0.190. The van der Waals surface area contributed by atoms with Crippen molar-refractivity contribution in [3.05, 3.63) is 90.0 Å². The molecular formula is C31H37NO2. The van der Waals surface area contributed by atoms with Crippen LogP contribution >= 0.6 is 0 Å². The highest BCUT2D eigenvalue weighted by atomic mass is 16.5. The Morgan fingerprint density at radius 3 is 2.09 bits per heavy atom. The molecule has 0 radical (unpaired) electrons. The molecule has 3 nitrogen and oxygen atoms in total. The third kappa shape index (κ3) is 6.62. The summed E-state index contributed by atoms with van der Waals surface area (Å²) in [6.07, 6.45) is 5.76. The molecule has 0 aliphatic heterocycles. The Hall–Kier alpha value is -3.29. The highest BCUT2D eigenvalue weighted by molar-refractivity contribution is 6.01. The van der Waals surface area contributed by atoms with Crippen molar-refractivity contribution in [1.29, 1.82) is 0 Å². The van der Waals surface area contributed by atoms with Crippen LogP contribution in [-0.4, -0.2) is 19.6 Å². The van der Waals surface area contributed by atoms with Crippen LogP contribution in [0.15, 0.2) is 83.9 Å². The van der Waals surface area contributed by atoms with Crippen molar-refractivity contribution in [2.45, 2.75) is 52.9 Å². The summed E-state index contributed by atoms with van der Waals surface area (Å²) >= 11 is 0. The summed E-state index contributed by atoms with van der Waals surface area (Å²) in [4.78, 5) is 4.66. The number of aliphatic imine (C=N–C) groups is 1. The zero-order chi connectivity index (χ0) is 24.2. The average molecular weight is 456 g/mol. The summed E-state index contributed by atoms with van der Waals surface area (Å²) < 4.78 is 12.2. The number of rotatable bonds is 12. The largest absolute Gasteiger partial charge is 0.497 e. The second kappa shape index (κ2) is 12.8. The molecule has 3 heteroatoms. The Bertz CT molecular complexity index is 1080. The predicted octanol–water partition coefficient (Wildman–Crippen LogP) is 8.50. The van der Waals surface area contributed by atoms with E-state index in [1.54, 1.807) is 7.11 Å². The Morgan fingerprint density at radius 1 is 0.853 bits per heavy atom. The van der Waals surface area contributed by atoms with E-state index in [9.17, 15) is 0 Å². The van der Waals surface area contributed by atoms with Gasteiger partial charge in [0, 0.05) is 11.0 Å². The molecule has 3 rings (SSSR count). The van der Waals surface area contributed by atoms with E-state index in [-0.39, 0.29) is 5.41 Å². The molecule has 0 bridgehead atoms. The van der Waals surface area contributed by atoms with Gasteiger partial charge in [0.05, 0.1) is 25.0 Å². The van der Waals surface area contributed by atoms with E-state index in [1.807, 2.05) is 66.7 Å². The van der Waals surface area contributed by atoms with Crippen LogP contribution in [0, 0.1) is 5.41 Å². The molecule has 0 heterocycles. The Balaban J connectivity index is 2.09. The summed E-state index contributed by atoms with van der Waals surface area (Å²) in [6, 6.07) is 26.1. The first-order chi connectivity index (χ1) is 16.6. The van der Waals surface area contributed by atoms with Gasteiger partial charge in [0.15, 0.2) is 0 Å². The van der Waals surface area contributed by atoms with Crippen LogP contribution in [0.5, 0.6) is 11.5 Å². The molecule has 0 atom stereocenters. The first-order valence-electron chi connectivity index (χ1n) is 12.4. The lowest BCUT2D eigenvalue weighted by molar-refractivity contribution is 0.114. The predicted molar refractivity (Wildman–Crippen MR) is 144 cm³/mol. The quantitative estimate of drug-likeness (QED) is 0.256. The molecule has 3 aromatic rings. The molecule has 0 saturated carbocycles. The molecule has 178 valence electrons. The lowest BCUT2D eigenvalue weighted by Gasteiger charge is -2.32. The standard InChI is InChI=1S/C31H37NO2/c1-5-20-31(7-3,21-6-2)24-34-30-19-18-27(33-4)22-28(30)29(25-14-10-8-11-15-25)23-32-26-16-12-9-13-17-26/h8-19,22H,5-7,20-21,24H2,1-4H3. The number of hydrogen-bond acceptors (Lipinski definition) is 3. The van der Waals surface area contributed by atoms with Crippen molar-refractivity contribution in [1.82, 2.24) is 0 Å². The number of benzene rings is 3. The van der Waals surface area contributed by atoms with Gasteiger partial charge in [0.2, 0.25) is 0 Å². The fourth-order valence-corrected chi connectivity index (χ4v) is 4.48. The molecule has 0 amide bonds. The van der Waals surface area contributed by atoms with E-state index in [4.69, 9.17) is 9.47 Å². The molecule has 3 aromatic carbocycles. The van der Waals surface area contributed by atoms with Gasteiger partial charge < -0.3 is 9.47 Å². The number of ether oxygens (including phenoxy) is 2. The molecule has 0 fully saturated rings. The smallest absolute Gasteiger partial charge is 0.128 e. The van der Waals surface area contributed by atoms with E-state index in [2.05, 4.69) is 43.8 Å². The maximum atomic E-state index is 6.59. The summed E-state index contributed by atoms with van der Waals surface area (Å²) in [5.74, 6) is 4.94. The Kier molecular flexibility index (Phi) is 9.55. The molecule has 0 unspecified atom stereocenters. The van der Waals surface area contributed by atoms with E-state index in [0.29, 0.717) is 6.61 Å². The first-order valence-corrected chi connectivity index (χ1v) is 12.4. The van der Waals surface area contributed by atoms with Gasteiger partial charge in [-0.25, -0.2) is 4.99 Å². The number of para-hydroxylation sites is 1. The van der Waals surface area contributed by atoms with Crippen molar-refractivity contribution in [2.75, 3.05) is 13.7 Å². The van der Waals surface area contributed by atoms with Crippen molar-refractivity contribution in [2.24, 2.45) is 10.4 Å². The Labute approximate surface area is 205 Å². The van der Waals surface area contributed by atoms with Gasteiger partial charge in [0.1, 0.15) is 11.5 Å².